The van der Waals surface area contributed by atoms with Crippen LogP contribution in [0, 0.1) is 0 Å². The molecule has 0 aliphatic carbocycles. The number of rotatable bonds is 5. The Morgan fingerprint density at radius 1 is 1.56 bits per heavy atom. The lowest BCUT2D eigenvalue weighted by Gasteiger charge is -2.22. The van der Waals surface area contributed by atoms with Gasteiger partial charge in [-0.25, -0.2) is 8.42 Å². The fourth-order valence-electron chi connectivity index (χ4n) is 2.10. The van der Waals surface area contributed by atoms with Crippen molar-refractivity contribution in [1.82, 2.24) is 14.5 Å². The average Bonchev–Trinajstić information content (AvgIpc) is 2.86. The summed E-state index contributed by atoms with van der Waals surface area (Å²) in [6.45, 7) is 3.49. The number of anilines is 1. The van der Waals surface area contributed by atoms with Gasteiger partial charge in [0.2, 0.25) is 0 Å². The minimum absolute atomic E-state index is 0.103. The van der Waals surface area contributed by atoms with E-state index in [1.54, 1.807) is 0 Å². The summed E-state index contributed by atoms with van der Waals surface area (Å²) in [7, 11) is -0.885. The average molecular weight is 290 g/mol. The van der Waals surface area contributed by atoms with E-state index in [1.165, 1.54) is 11.5 Å². The van der Waals surface area contributed by atoms with Crippen molar-refractivity contribution in [3.63, 3.8) is 0 Å². The highest BCUT2D eigenvalue weighted by atomic mass is 32.2. The van der Waals surface area contributed by atoms with Crippen molar-refractivity contribution >= 4 is 26.4 Å². The van der Waals surface area contributed by atoms with Crippen molar-refractivity contribution in [2.45, 2.75) is 25.9 Å². The van der Waals surface area contributed by atoms with Crippen LogP contribution >= 0.6 is 11.5 Å². The summed E-state index contributed by atoms with van der Waals surface area (Å²) in [6, 6.07) is 0.103. The highest BCUT2D eigenvalue weighted by Gasteiger charge is 2.31. The molecule has 0 saturated carbocycles. The highest BCUT2D eigenvalue weighted by Crippen LogP contribution is 2.22. The molecule has 1 aromatic heterocycles. The predicted octanol–water partition coefficient (Wildman–Crippen LogP) is 0.589. The van der Waals surface area contributed by atoms with Crippen LogP contribution in [-0.2, 0) is 16.4 Å². The van der Waals surface area contributed by atoms with Crippen molar-refractivity contribution in [1.29, 1.82) is 0 Å². The van der Waals surface area contributed by atoms with Crippen LogP contribution in [0.25, 0.3) is 0 Å². The van der Waals surface area contributed by atoms with Crippen LogP contribution < -0.4 is 5.32 Å². The topological polar surface area (TPSA) is 75.2 Å². The number of nitrogens with one attached hydrogen (secondary N) is 1. The van der Waals surface area contributed by atoms with E-state index in [2.05, 4.69) is 19.8 Å². The SMILES string of the molecule is CCNc1snnc1CN(C)C1CCS(=O)(=O)C1. The van der Waals surface area contributed by atoms with Crippen LogP contribution in [0.2, 0.25) is 0 Å². The quantitative estimate of drug-likeness (QED) is 0.855. The molecule has 1 atom stereocenters. The molecule has 1 N–H and O–H groups in total. The molecule has 1 unspecified atom stereocenters. The van der Waals surface area contributed by atoms with E-state index >= 15 is 0 Å². The summed E-state index contributed by atoms with van der Waals surface area (Å²) in [5.41, 5.74) is 0.897. The molecule has 1 aliphatic heterocycles. The first-order chi connectivity index (χ1) is 8.52. The van der Waals surface area contributed by atoms with Gasteiger partial charge in [-0.3, -0.25) is 4.90 Å². The van der Waals surface area contributed by atoms with E-state index in [9.17, 15) is 8.42 Å². The van der Waals surface area contributed by atoms with Crippen molar-refractivity contribution in [2.24, 2.45) is 0 Å². The second-order valence-corrected chi connectivity index (χ2v) is 7.53. The Morgan fingerprint density at radius 2 is 2.33 bits per heavy atom. The van der Waals surface area contributed by atoms with Gasteiger partial charge in [-0.15, -0.1) is 5.10 Å². The standard InChI is InChI=1S/C10H18N4O2S2/c1-3-11-10-9(12-13-17-10)6-14(2)8-4-5-18(15,16)7-8/h8,11H,3-7H2,1-2H3. The zero-order chi connectivity index (χ0) is 13.2. The van der Waals surface area contributed by atoms with Crippen LogP contribution in [0.4, 0.5) is 5.00 Å². The Kier molecular flexibility index (Phi) is 4.18. The Labute approximate surface area is 111 Å². The maximum Gasteiger partial charge on any atom is 0.151 e. The van der Waals surface area contributed by atoms with Gasteiger partial charge in [0.15, 0.2) is 9.84 Å². The van der Waals surface area contributed by atoms with Crippen LogP contribution in [0.3, 0.4) is 0 Å². The van der Waals surface area contributed by atoms with Gasteiger partial charge < -0.3 is 5.32 Å². The molecule has 2 rings (SSSR count). The van der Waals surface area contributed by atoms with Crippen molar-refractivity contribution in [3.05, 3.63) is 5.69 Å². The fraction of sp³-hybridized carbons (Fsp3) is 0.800. The van der Waals surface area contributed by atoms with Crippen LogP contribution in [0.15, 0.2) is 0 Å². The van der Waals surface area contributed by atoms with E-state index in [1.807, 2.05) is 14.0 Å². The molecule has 0 radical (unpaired) electrons. The maximum atomic E-state index is 11.5. The normalized spacial score (nSPS) is 22.5. The van der Waals surface area contributed by atoms with E-state index in [-0.39, 0.29) is 11.8 Å². The van der Waals surface area contributed by atoms with Crippen molar-refractivity contribution < 1.29 is 8.42 Å². The van der Waals surface area contributed by atoms with Crippen molar-refractivity contribution in [2.75, 3.05) is 30.4 Å². The summed E-state index contributed by atoms with van der Waals surface area (Å²) < 4.78 is 26.8. The van der Waals surface area contributed by atoms with E-state index in [0.717, 1.165) is 17.2 Å². The molecular weight excluding hydrogens is 272 g/mol. The highest BCUT2D eigenvalue weighted by molar-refractivity contribution is 7.91. The first kappa shape index (κ1) is 13.7. The number of hydrogen-bond acceptors (Lipinski definition) is 7. The van der Waals surface area contributed by atoms with E-state index in [4.69, 9.17) is 0 Å². The molecular formula is C10H18N4O2S2. The first-order valence-electron chi connectivity index (χ1n) is 5.97. The summed E-state index contributed by atoms with van der Waals surface area (Å²) in [5.74, 6) is 0.564. The molecule has 0 bridgehead atoms. The molecule has 1 aliphatic rings. The van der Waals surface area contributed by atoms with Gasteiger partial charge in [0.05, 0.1) is 11.5 Å². The molecule has 6 nitrogen and oxygen atoms in total. The van der Waals surface area contributed by atoms with Crippen molar-refractivity contribution in [3.8, 4) is 0 Å². The largest absolute Gasteiger partial charge is 0.374 e. The number of sulfone groups is 1. The lowest BCUT2D eigenvalue weighted by molar-refractivity contribution is 0.251. The Morgan fingerprint density at radius 3 is 2.94 bits per heavy atom. The number of aromatic nitrogens is 2. The van der Waals surface area contributed by atoms with E-state index < -0.39 is 9.84 Å². The number of nitrogens with zero attached hydrogens (tertiary/aromatic N) is 3. The number of hydrogen-bond donors (Lipinski definition) is 1. The molecule has 8 heteroatoms. The minimum Gasteiger partial charge on any atom is -0.374 e. The zero-order valence-electron chi connectivity index (χ0n) is 10.6. The monoisotopic (exact) mass is 290 g/mol. The minimum atomic E-state index is -2.83. The van der Waals surface area contributed by atoms with Crippen LogP contribution in [0.1, 0.15) is 19.0 Å². The van der Waals surface area contributed by atoms with Gasteiger partial charge >= 0.3 is 0 Å². The van der Waals surface area contributed by atoms with Gasteiger partial charge in [-0.2, -0.15) is 0 Å². The zero-order valence-corrected chi connectivity index (χ0v) is 12.2. The second-order valence-electron chi connectivity index (χ2n) is 4.55. The molecule has 0 amide bonds. The molecule has 1 fully saturated rings. The van der Waals surface area contributed by atoms with Gasteiger partial charge in [0.25, 0.3) is 0 Å². The van der Waals surface area contributed by atoms with Crippen LogP contribution in [-0.4, -0.2) is 54.0 Å². The molecule has 1 saturated heterocycles. The Bertz CT molecular complexity index is 500. The predicted molar refractivity (Wildman–Crippen MR) is 72.6 cm³/mol. The Balaban J connectivity index is 1.99. The molecule has 2 heterocycles. The fourth-order valence-corrected chi connectivity index (χ4v) is 4.54. The smallest absolute Gasteiger partial charge is 0.151 e. The van der Waals surface area contributed by atoms with Gasteiger partial charge in [0, 0.05) is 30.7 Å². The lowest BCUT2D eigenvalue weighted by atomic mass is 10.2. The third-order valence-electron chi connectivity index (χ3n) is 3.12. The molecule has 0 spiro atoms. The Hall–Kier alpha value is -0.730. The van der Waals surface area contributed by atoms with Gasteiger partial charge in [-0.05, 0) is 20.4 Å². The van der Waals surface area contributed by atoms with Gasteiger partial charge in [-0.1, -0.05) is 4.49 Å². The summed E-state index contributed by atoms with van der Waals surface area (Å²) in [4.78, 5) is 2.06. The molecule has 18 heavy (non-hydrogen) atoms. The van der Waals surface area contributed by atoms with E-state index in [0.29, 0.717) is 18.7 Å². The first-order valence-corrected chi connectivity index (χ1v) is 8.57. The summed E-state index contributed by atoms with van der Waals surface area (Å²) in [6.07, 6.45) is 0.715. The molecule has 1 aromatic rings. The second kappa shape index (κ2) is 5.50. The maximum absolute atomic E-state index is 11.5. The third kappa shape index (κ3) is 3.18. The summed E-state index contributed by atoms with van der Waals surface area (Å²) in [5, 5.41) is 8.29. The lowest BCUT2D eigenvalue weighted by Crippen LogP contribution is -2.32. The molecule has 102 valence electrons. The van der Waals surface area contributed by atoms with Crippen LogP contribution in [0.5, 0.6) is 0 Å². The third-order valence-corrected chi connectivity index (χ3v) is 5.60. The molecule has 0 aromatic carbocycles. The van der Waals surface area contributed by atoms with Gasteiger partial charge in [0.1, 0.15) is 10.7 Å². The summed E-state index contributed by atoms with van der Waals surface area (Å²) >= 11 is 1.34.